The number of hydrogen-bond donors (Lipinski definition) is 1. The molecule has 1 aromatic carbocycles. The summed E-state index contributed by atoms with van der Waals surface area (Å²) >= 11 is 0. The minimum atomic E-state index is -3.62. The number of hydrogen-bond acceptors (Lipinski definition) is 3. The lowest BCUT2D eigenvalue weighted by atomic mass is 9.89. The molecule has 0 unspecified atom stereocenters. The van der Waals surface area contributed by atoms with Crippen LogP contribution in [0.15, 0.2) is 17.0 Å². The van der Waals surface area contributed by atoms with E-state index in [1.165, 1.54) is 35.7 Å². The maximum atomic E-state index is 13.4. The lowest BCUT2D eigenvalue weighted by Gasteiger charge is -2.27. The number of nitrogens with zero attached hydrogens (tertiary/aromatic N) is 1. The van der Waals surface area contributed by atoms with Gasteiger partial charge in [-0.1, -0.05) is 19.3 Å². The standard InChI is InChI=1S/C15H23FN2O2S/c1-11-8-13(16)14(17)9-15(11)21(19,20)18(2)10-12-6-4-3-5-7-12/h8-9,12H,3-7,10,17H2,1-2H3. The molecule has 0 heterocycles. The molecule has 1 aliphatic carbocycles. The molecule has 1 aliphatic rings. The summed E-state index contributed by atoms with van der Waals surface area (Å²) in [6.07, 6.45) is 5.72. The summed E-state index contributed by atoms with van der Waals surface area (Å²) in [6.45, 7) is 2.10. The number of aryl methyl sites for hydroxylation is 1. The van der Waals surface area contributed by atoms with Crippen molar-refractivity contribution < 1.29 is 12.8 Å². The van der Waals surface area contributed by atoms with Crippen molar-refractivity contribution >= 4 is 15.7 Å². The average Bonchev–Trinajstić information content (AvgIpc) is 2.43. The number of nitrogen functional groups attached to an aromatic ring is 1. The average molecular weight is 314 g/mol. The van der Waals surface area contributed by atoms with E-state index in [1.807, 2.05) is 0 Å². The molecule has 0 spiro atoms. The summed E-state index contributed by atoms with van der Waals surface area (Å²) < 4.78 is 40.0. The van der Waals surface area contributed by atoms with Crippen LogP contribution in [0.2, 0.25) is 0 Å². The molecule has 21 heavy (non-hydrogen) atoms. The lowest BCUT2D eigenvalue weighted by molar-refractivity contribution is 0.300. The Hall–Kier alpha value is -1.14. The summed E-state index contributed by atoms with van der Waals surface area (Å²) in [4.78, 5) is 0.0970. The van der Waals surface area contributed by atoms with Crippen molar-refractivity contribution in [2.75, 3.05) is 19.3 Å². The van der Waals surface area contributed by atoms with Gasteiger partial charge in [-0.05, 0) is 43.4 Å². The smallest absolute Gasteiger partial charge is 0.243 e. The summed E-state index contributed by atoms with van der Waals surface area (Å²) in [7, 11) is -2.04. The number of nitrogens with two attached hydrogens (primary N) is 1. The Morgan fingerprint density at radius 2 is 1.90 bits per heavy atom. The summed E-state index contributed by atoms with van der Waals surface area (Å²) in [5, 5.41) is 0. The third-order valence-corrected chi connectivity index (χ3v) is 6.19. The van der Waals surface area contributed by atoms with Crippen LogP contribution in [0.1, 0.15) is 37.7 Å². The van der Waals surface area contributed by atoms with Gasteiger partial charge in [-0.25, -0.2) is 17.1 Å². The fraction of sp³-hybridized carbons (Fsp3) is 0.600. The zero-order valence-electron chi connectivity index (χ0n) is 12.6. The molecule has 2 rings (SSSR count). The molecule has 0 radical (unpaired) electrons. The van der Waals surface area contributed by atoms with Crippen molar-refractivity contribution in [3.05, 3.63) is 23.5 Å². The second kappa shape index (κ2) is 6.32. The minimum absolute atomic E-state index is 0.0970. The van der Waals surface area contributed by atoms with Crippen molar-refractivity contribution in [3.63, 3.8) is 0 Å². The van der Waals surface area contributed by atoms with Crippen LogP contribution >= 0.6 is 0 Å². The summed E-state index contributed by atoms with van der Waals surface area (Å²) in [5.41, 5.74) is 5.76. The molecule has 6 heteroatoms. The van der Waals surface area contributed by atoms with Gasteiger partial charge in [0.15, 0.2) is 0 Å². The van der Waals surface area contributed by atoms with E-state index in [0.717, 1.165) is 12.8 Å². The monoisotopic (exact) mass is 314 g/mol. The van der Waals surface area contributed by atoms with E-state index in [2.05, 4.69) is 0 Å². The minimum Gasteiger partial charge on any atom is -0.396 e. The molecule has 0 aliphatic heterocycles. The Kier molecular flexibility index (Phi) is 4.88. The fourth-order valence-electron chi connectivity index (χ4n) is 2.95. The van der Waals surface area contributed by atoms with Crippen LogP contribution in [0, 0.1) is 18.7 Å². The zero-order valence-corrected chi connectivity index (χ0v) is 13.4. The number of rotatable bonds is 4. The number of anilines is 1. The van der Waals surface area contributed by atoms with E-state index in [9.17, 15) is 12.8 Å². The van der Waals surface area contributed by atoms with Crippen LogP contribution in [0.5, 0.6) is 0 Å². The molecule has 0 atom stereocenters. The van der Waals surface area contributed by atoms with Crippen LogP contribution in [0.25, 0.3) is 0 Å². The molecule has 0 aromatic heterocycles. The largest absolute Gasteiger partial charge is 0.396 e. The first-order valence-electron chi connectivity index (χ1n) is 7.34. The second-order valence-electron chi connectivity index (χ2n) is 5.93. The normalized spacial score (nSPS) is 17.3. The van der Waals surface area contributed by atoms with Crippen LogP contribution in [-0.2, 0) is 10.0 Å². The zero-order chi connectivity index (χ0) is 15.6. The van der Waals surface area contributed by atoms with E-state index in [1.54, 1.807) is 14.0 Å². The van der Waals surface area contributed by atoms with Crippen molar-refractivity contribution in [2.45, 2.75) is 43.9 Å². The van der Waals surface area contributed by atoms with Gasteiger partial charge in [0.05, 0.1) is 10.6 Å². The van der Waals surface area contributed by atoms with Gasteiger partial charge in [0, 0.05) is 13.6 Å². The first kappa shape index (κ1) is 16.2. The molecule has 0 amide bonds. The predicted molar refractivity (Wildman–Crippen MR) is 81.9 cm³/mol. The molecular formula is C15H23FN2O2S. The van der Waals surface area contributed by atoms with E-state index >= 15 is 0 Å². The first-order chi connectivity index (χ1) is 9.82. The molecule has 1 aromatic rings. The maximum absolute atomic E-state index is 13.4. The fourth-order valence-corrected chi connectivity index (χ4v) is 4.43. The number of halogens is 1. The summed E-state index contributed by atoms with van der Waals surface area (Å²) in [5.74, 6) is -0.169. The SMILES string of the molecule is Cc1cc(F)c(N)cc1S(=O)(=O)N(C)CC1CCCCC1. The van der Waals surface area contributed by atoms with Gasteiger partial charge in [-0.15, -0.1) is 0 Å². The third-order valence-electron chi connectivity index (χ3n) is 4.22. The van der Waals surface area contributed by atoms with Crippen molar-refractivity contribution in [1.29, 1.82) is 0 Å². The molecule has 4 nitrogen and oxygen atoms in total. The quantitative estimate of drug-likeness (QED) is 0.869. The molecule has 1 saturated carbocycles. The van der Waals surface area contributed by atoms with Crippen LogP contribution in [0.3, 0.4) is 0 Å². The Bertz CT molecular complexity index is 610. The molecule has 1 fully saturated rings. The van der Waals surface area contributed by atoms with Gasteiger partial charge in [0.1, 0.15) is 5.82 Å². The second-order valence-corrected chi connectivity index (χ2v) is 7.94. The predicted octanol–water partition coefficient (Wildman–Crippen LogP) is 2.92. The lowest BCUT2D eigenvalue weighted by Crippen LogP contribution is -2.33. The van der Waals surface area contributed by atoms with Crippen LogP contribution in [-0.4, -0.2) is 26.3 Å². The van der Waals surface area contributed by atoms with E-state index in [0.29, 0.717) is 18.0 Å². The van der Waals surface area contributed by atoms with Gasteiger partial charge in [0.2, 0.25) is 10.0 Å². The van der Waals surface area contributed by atoms with Gasteiger partial charge in [-0.3, -0.25) is 0 Å². The molecule has 0 bridgehead atoms. The highest BCUT2D eigenvalue weighted by Gasteiger charge is 2.26. The topological polar surface area (TPSA) is 63.4 Å². The Morgan fingerprint density at radius 3 is 2.52 bits per heavy atom. The van der Waals surface area contributed by atoms with E-state index < -0.39 is 15.8 Å². The maximum Gasteiger partial charge on any atom is 0.243 e. The van der Waals surface area contributed by atoms with Crippen LogP contribution < -0.4 is 5.73 Å². The number of sulfonamides is 1. The molecule has 2 N–H and O–H groups in total. The van der Waals surface area contributed by atoms with E-state index in [4.69, 9.17) is 5.73 Å². The number of benzene rings is 1. The van der Waals surface area contributed by atoms with Crippen molar-refractivity contribution in [2.24, 2.45) is 5.92 Å². The van der Waals surface area contributed by atoms with Gasteiger partial charge < -0.3 is 5.73 Å². The molecule has 0 saturated heterocycles. The van der Waals surface area contributed by atoms with E-state index in [-0.39, 0.29) is 10.6 Å². The highest BCUT2D eigenvalue weighted by atomic mass is 32.2. The molecule has 118 valence electrons. The Morgan fingerprint density at radius 1 is 1.29 bits per heavy atom. The summed E-state index contributed by atoms with van der Waals surface area (Å²) in [6, 6.07) is 2.40. The van der Waals surface area contributed by atoms with Gasteiger partial charge >= 0.3 is 0 Å². The third kappa shape index (κ3) is 3.55. The van der Waals surface area contributed by atoms with Crippen molar-refractivity contribution in [1.82, 2.24) is 4.31 Å². The highest BCUT2D eigenvalue weighted by Crippen LogP contribution is 2.28. The van der Waals surface area contributed by atoms with Crippen LogP contribution in [0.4, 0.5) is 10.1 Å². The van der Waals surface area contributed by atoms with Gasteiger partial charge in [0.25, 0.3) is 0 Å². The highest BCUT2D eigenvalue weighted by molar-refractivity contribution is 7.89. The Balaban J connectivity index is 2.22. The van der Waals surface area contributed by atoms with Crippen molar-refractivity contribution in [3.8, 4) is 0 Å². The molecular weight excluding hydrogens is 291 g/mol. The van der Waals surface area contributed by atoms with Gasteiger partial charge in [-0.2, -0.15) is 0 Å². The Labute approximate surface area is 126 Å². The first-order valence-corrected chi connectivity index (χ1v) is 8.78.